The van der Waals surface area contributed by atoms with Gasteiger partial charge in [-0.1, -0.05) is 31.9 Å². The molecule has 3 aliphatic carbocycles. The van der Waals surface area contributed by atoms with Gasteiger partial charge in [-0.05, 0) is 55.8 Å². The smallest absolute Gasteiger partial charge is 0.328 e. The molecule has 164 valence electrons. The Labute approximate surface area is 176 Å². The van der Waals surface area contributed by atoms with Crippen LogP contribution in [0.4, 0.5) is 0 Å². The molecule has 1 saturated carbocycles. The van der Waals surface area contributed by atoms with Gasteiger partial charge in [-0.3, -0.25) is 9.59 Å². The minimum atomic E-state index is -1.41. The Balaban J connectivity index is 1.90. The van der Waals surface area contributed by atoms with E-state index in [1.165, 1.54) is 5.57 Å². The van der Waals surface area contributed by atoms with Crippen LogP contribution in [0.25, 0.3) is 0 Å². The molecule has 0 amide bonds. The SMILES string of the molecule is CC1=CCCC2[C@](C)(CC3=C(O)C(=O)C=C(N[C@@H](CO)C(=O)O)C3=O)CCC[C@]12C. The van der Waals surface area contributed by atoms with Crippen LogP contribution in [0.1, 0.15) is 59.3 Å². The summed E-state index contributed by atoms with van der Waals surface area (Å²) in [4.78, 5) is 36.7. The van der Waals surface area contributed by atoms with Crippen molar-refractivity contribution in [2.45, 2.75) is 65.3 Å². The number of aliphatic carboxylic acids is 1. The van der Waals surface area contributed by atoms with Crippen LogP contribution in [-0.2, 0) is 14.4 Å². The van der Waals surface area contributed by atoms with Crippen LogP contribution in [0.5, 0.6) is 0 Å². The Bertz CT molecular complexity index is 869. The molecule has 0 bridgehead atoms. The molecule has 0 radical (unpaired) electrons. The number of carboxylic acid groups (broad SMARTS) is 1. The molecule has 0 aromatic heterocycles. The van der Waals surface area contributed by atoms with Crippen LogP contribution >= 0.6 is 0 Å². The second-order valence-corrected chi connectivity index (χ2v) is 9.42. The second-order valence-electron chi connectivity index (χ2n) is 9.42. The van der Waals surface area contributed by atoms with Crippen molar-refractivity contribution in [3.05, 3.63) is 34.8 Å². The van der Waals surface area contributed by atoms with Crippen LogP contribution in [-0.4, -0.2) is 45.5 Å². The Kier molecular flexibility index (Phi) is 5.96. The van der Waals surface area contributed by atoms with Gasteiger partial charge in [-0.2, -0.15) is 0 Å². The molecule has 0 aliphatic heterocycles. The zero-order valence-electron chi connectivity index (χ0n) is 17.8. The maximum Gasteiger partial charge on any atom is 0.328 e. The average Bonchev–Trinajstić information content (AvgIpc) is 2.68. The standard InChI is InChI=1S/C23H31NO6/c1-13-6-4-7-18-22(2,8-5-9-23(13,18)3)11-14-19(27)15(10-17(26)20(14)28)24-16(12-25)21(29)30/h6,10,16,18,24-25,28H,4-5,7-9,11-12H2,1-3H3,(H,29,30)/t16-,18?,22-,23+/m0/s1. The lowest BCUT2D eigenvalue weighted by Crippen LogP contribution is -2.47. The summed E-state index contributed by atoms with van der Waals surface area (Å²) < 4.78 is 0. The van der Waals surface area contributed by atoms with Gasteiger partial charge < -0.3 is 20.6 Å². The molecule has 7 heteroatoms. The number of aliphatic hydroxyl groups is 2. The zero-order valence-corrected chi connectivity index (χ0v) is 17.8. The summed E-state index contributed by atoms with van der Waals surface area (Å²) in [6.45, 7) is 5.83. The molecule has 0 heterocycles. The molecule has 4 atom stereocenters. The molecule has 0 aromatic carbocycles. The van der Waals surface area contributed by atoms with Gasteiger partial charge in [0.15, 0.2) is 5.76 Å². The number of carbonyl (C=O) groups excluding carboxylic acids is 2. The molecule has 0 spiro atoms. The first-order chi connectivity index (χ1) is 14.0. The molecule has 30 heavy (non-hydrogen) atoms. The van der Waals surface area contributed by atoms with E-state index in [9.17, 15) is 24.6 Å². The summed E-state index contributed by atoms with van der Waals surface area (Å²) in [5.74, 6) is -2.88. The van der Waals surface area contributed by atoms with Gasteiger partial charge in [0.1, 0.15) is 6.04 Å². The number of carbonyl (C=O) groups is 3. The zero-order chi connectivity index (χ0) is 22.3. The minimum Gasteiger partial charge on any atom is -0.504 e. The van der Waals surface area contributed by atoms with E-state index in [2.05, 4.69) is 32.2 Å². The molecular formula is C23H31NO6. The third-order valence-corrected chi connectivity index (χ3v) is 7.57. The monoisotopic (exact) mass is 417 g/mol. The van der Waals surface area contributed by atoms with E-state index in [-0.39, 0.29) is 28.5 Å². The number of aliphatic hydroxyl groups excluding tert-OH is 2. The summed E-state index contributed by atoms with van der Waals surface area (Å²) in [6.07, 6.45) is 8.39. The minimum absolute atomic E-state index is 0.0331. The van der Waals surface area contributed by atoms with Crippen molar-refractivity contribution in [2.75, 3.05) is 6.61 Å². The first kappa shape index (κ1) is 22.3. The number of ketones is 2. The van der Waals surface area contributed by atoms with E-state index in [1.54, 1.807) is 0 Å². The summed E-state index contributed by atoms with van der Waals surface area (Å²) in [7, 11) is 0. The highest BCUT2D eigenvalue weighted by Crippen LogP contribution is 2.60. The Hall–Kier alpha value is -2.41. The topological polar surface area (TPSA) is 124 Å². The predicted molar refractivity (Wildman–Crippen MR) is 111 cm³/mol. The van der Waals surface area contributed by atoms with E-state index >= 15 is 0 Å². The number of hydrogen-bond acceptors (Lipinski definition) is 6. The highest BCUT2D eigenvalue weighted by molar-refractivity contribution is 6.21. The third-order valence-electron chi connectivity index (χ3n) is 7.57. The van der Waals surface area contributed by atoms with Gasteiger partial charge >= 0.3 is 5.97 Å². The van der Waals surface area contributed by atoms with Gasteiger partial charge in [0.25, 0.3) is 0 Å². The number of hydrogen-bond donors (Lipinski definition) is 4. The maximum atomic E-state index is 13.1. The Morgan fingerprint density at radius 2 is 2.00 bits per heavy atom. The molecule has 3 rings (SSSR count). The predicted octanol–water partition coefficient (Wildman–Crippen LogP) is 2.81. The number of allylic oxidation sites excluding steroid dienone is 4. The first-order valence-electron chi connectivity index (χ1n) is 10.5. The van der Waals surface area contributed by atoms with E-state index < -0.39 is 35.9 Å². The summed E-state index contributed by atoms with van der Waals surface area (Å²) in [5.41, 5.74) is 0.962. The van der Waals surface area contributed by atoms with Crippen molar-refractivity contribution in [2.24, 2.45) is 16.7 Å². The lowest BCUT2D eigenvalue weighted by molar-refractivity contribution is -0.140. The Morgan fingerprint density at radius 3 is 2.63 bits per heavy atom. The van der Waals surface area contributed by atoms with Crippen molar-refractivity contribution >= 4 is 17.5 Å². The van der Waals surface area contributed by atoms with Gasteiger partial charge in [0.05, 0.1) is 12.3 Å². The molecule has 7 nitrogen and oxygen atoms in total. The fourth-order valence-electron chi connectivity index (χ4n) is 5.76. The van der Waals surface area contributed by atoms with Crippen molar-refractivity contribution in [1.82, 2.24) is 5.32 Å². The van der Waals surface area contributed by atoms with Gasteiger partial charge in [-0.25, -0.2) is 4.79 Å². The van der Waals surface area contributed by atoms with E-state index in [1.807, 2.05) is 0 Å². The van der Waals surface area contributed by atoms with Crippen molar-refractivity contribution < 1.29 is 29.7 Å². The summed E-state index contributed by atoms with van der Waals surface area (Å²) >= 11 is 0. The van der Waals surface area contributed by atoms with Crippen molar-refractivity contribution in [3.63, 3.8) is 0 Å². The summed E-state index contributed by atoms with van der Waals surface area (Å²) in [5, 5.41) is 31.3. The Morgan fingerprint density at radius 1 is 1.30 bits per heavy atom. The molecular weight excluding hydrogens is 386 g/mol. The lowest BCUT2D eigenvalue weighted by Gasteiger charge is -2.55. The number of carboxylic acids is 1. The molecule has 1 fully saturated rings. The van der Waals surface area contributed by atoms with Crippen LogP contribution in [0.15, 0.2) is 34.8 Å². The van der Waals surface area contributed by atoms with E-state index in [0.29, 0.717) is 5.92 Å². The summed E-state index contributed by atoms with van der Waals surface area (Å²) in [6, 6.07) is -1.41. The number of nitrogens with one attached hydrogen (secondary N) is 1. The fraction of sp³-hybridized carbons (Fsp3) is 0.609. The van der Waals surface area contributed by atoms with Gasteiger partial charge in [-0.15, -0.1) is 0 Å². The van der Waals surface area contributed by atoms with Crippen LogP contribution < -0.4 is 5.32 Å². The fourth-order valence-corrected chi connectivity index (χ4v) is 5.76. The third kappa shape index (κ3) is 3.71. The van der Waals surface area contributed by atoms with Crippen LogP contribution in [0.3, 0.4) is 0 Å². The number of fused-ring (bicyclic) bond motifs is 1. The molecule has 1 unspecified atom stereocenters. The highest BCUT2D eigenvalue weighted by Gasteiger charge is 2.51. The van der Waals surface area contributed by atoms with Gasteiger partial charge in [0, 0.05) is 11.6 Å². The molecule has 4 N–H and O–H groups in total. The quantitative estimate of drug-likeness (QED) is 0.387. The van der Waals surface area contributed by atoms with Crippen molar-refractivity contribution in [3.8, 4) is 0 Å². The van der Waals surface area contributed by atoms with Gasteiger partial charge in [0.2, 0.25) is 11.6 Å². The second kappa shape index (κ2) is 8.02. The molecule has 3 aliphatic rings. The maximum absolute atomic E-state index is 13.1. The van der Waals surface area contributed by atoms with Crippen LogP contribution in [0.2, 0.25) is 0 Å². The van der Waals surface area contributed by atoms with Crippen molar-refractivity contribution in [1.29, 1.82) is 0 Å². The molecule has 0 aromatic rings. The van der Waals surface area contributed by atoms with E-state index in [4.69, 9.17) is 5.11 Å². The highest BCUT2D eigenvalue weighted by atomic mass is 16.4. The van der Waals surface area contributed by atoms with Crippen LogP contribution in [0, 0.1) is 16.7 Å². The van der Waals surface area contributed by atoms with E-state index in [0.717, 1.165) is 38.2 Å². The number of rotatable bonds is 6. The number of Topliss-reactive ketones (excluding diaryl/α,β-unsaturated/α-hetero) is 1. The largest absolute Gasteiger partial charge is 0.504 e. The lowest BCUT2D eigenvalue weighted by atomic mass is 9.49. The normalized spacial score (nSPS) is 32.9. The molecule has 0 saturated heterocycles. The average molecular weight is 418 g/mol. The first-order valence-corrected chi connectivity index (χ1v) is 10.5.